The summed E-state index contributed by atoms with van der Waals surface area (Å²) < 4.78 is 0. The van der Waals surface area contributed by atoms with Crippen molar-refractivity contribution in [1.82, 2.24) is 0 Å². The molecule has 0 aromatic carbocycles. The lowest BCUT2D eigenvalue weighted by Crippen LogP contribution is -1.62. The van der Waals surface area contributed by atoms with E-state index in [-0.39, 0.29) is 0 Å². The Kier molecular flexibility index (Phi) is 2.96. The van der Waals surface area contributed by atoms with Crippen LogP contribution in [-0.2, 0) is 0 Å². The van der Waals surface area contributed by atoms with Crippen molar-refractivity contribution < 1.29 is 0 Å². The molecule has 1 aliphatic rings. The number of rotatable bonds is 0. The van der Waals surface area contributed by atoms with Crippen LogP contribution in [0.3, 0.4) is 0 Å². The maximum Gasteiger partial charge on any atom is -0.0240 e. The molecule has 0 heterocycles. The Hall–Kier alpha value is -0.740. The average Bonchev–Trinajstić information content (AvgIpc) is 2.00. The summed E-state index contributed by atoms with van der Waals surface area (Å²) in [6.45, 7) is 0. The van der Waals surface area contributed by atoms with Crippen LogP contribution >= 0.6 is 0 Å². The Balaban J connectivity index is 2.43. The minimum absolute atomic E-state index is 1.15. The summed E-state index contributed by atoms with van der Waals surface area (Å²) >= 11 is 0. The molecule has 0 aromatic heterocycles. The van der Waals surface area contributed by atoms with Crippen LogP contribution in [0.15, 0.2) is 30.0 Å². The van der Waals surface area contributed by atoms with E-state index in [9.17, 15) is 0 Å². The highest BCUT2D eigenvalue weighted by Crippen LogP contribution is 1.99. The van der Waals surface area contributed by atoms with Gasteiger partial charge < -0.3 is 0 Å². The maximum atomic E-state index is 3.14. The lowest BCUT2D eigenvalue weighted by atomic mass is 10.2. The SMILES string of the molecule is C1=CCCC=CCCC=1. The second-order valence-electron chi connectivity index (χ2n) is 2.20. The summed E-state index contributed by atoms with van der Waals surface area (Å²) in [5, 5.41) is 0. The van der Waals surface area contributed by atoms with Crippen molar-refractivity contribution in [3.05, 3.63) is 30.0 Å². The molecule has 0 unspecified atom stereocenters. The van der Waals surface area contributed by atoms with E-state index < -0.39 is 0 Å². The lowest BCUT2D eigenvalue weighted by molar-refractivity contribution is 1.02. The van der Waals surface area contributed by atoms with Crippen molar-refractivity contribution in [2.45, 2.75) is 25.7 Å². The lowest BCUT2D eigenvalue weighted by Gasteiger charge is -1.82. The van der Waals surface area contributed by atoms with Gasteiger partial charge in [-0.1, -0.05) is 12.2 Å². The molecule has 0 heteroatoms. The Bertz CT molecular complexity index is 131. The molecule has 1 rings (SSSR count). The average molecular weight is 120 g/mol. The molecule has 0 atom stereocenters. The summed E-state index contributed by atoms with van der Waals surface area (Å²) in [5.74, 6) is 0. The summed E-state index contributed by atoms with van der Waals surface area (Å²) in [6, 6.07) is 0. The largest absolute Gasteiger partial charge is 0.130 e. The van der Waals surface area contributed by atoms with Crippen molar-refractivity contribution in [1.29, 1.82) is 0 Å². The molecule has 1 aliphatic carbocycles. The standard InChI is InChI=1S/C9H12/c1-2-4-6-8-9-7-5-3-1/h1-2,7-8H,3-6H2. The molecule has 0 aromatic rings. The summed E-state index contributed by atoms with van der Waals surface area (Å²) in [4.78, 5) is 0. The van der Waals surface area contributed by atoms with Gasteiger partial charge in [0.15, 0.2) is 0 Å². The van der Waals surface area contributed by atoms with Gasteiger partial charge in [0.25, 0.3) is 0 Å². The zero-order chi connectivity index (χ0) is 6.36. The van der Waals surface area contributed by atoms with E-state index in [2.05, 4.69) is 30.0 Å². The van der Waals surface area contributed by atoms with Crippen molar-refractivity contribution in [3.8, 4) is 0 Å². The molecular weight excluding hydrogens is 108 g/mol. The van der Waals surface area contributed by atoms with Crippen LogP contribution in [0.1, 0.15) is 25.7 Å². The molecule has 0 N–H and O–H groups in total. The first-order chi connectivity index (χ1) is 4.50. The third kappa shape index (κ3) is 2.94. The van der Waals surface area contributed by atoms with Gasteiger partial charge in [-0.3, -0.25) is 0 Å². The Morgan fingerprint density at radius 3 is 1.89 bits per heavy atom. The zero-order valence-electron chi connectivity index (χ0n) is 5.64. The van der Waals surface area contributed by atoms with Gasteiger partial charge in [0, 0.05) is 0 Å². The quantitative estimate of drug-likeness (QED) is 0.340. The van der Waals surface area contributed by atoms with E-state index in [1.165, 1.54) is 12.8 Å². The van der Waals surface area contributed by atoms with Gasteiger partial charge in [-0.05, 0) is 37.8 Å². The van der Waals surface area contributed by atoms with Crippen LogP contribution < -0.4 is 0 Å². The molecule has 0 spiro atoms. The molecule has 0 saturated heterocycles. The predicted molar refractivity (Wildman–Crippen MR) is 40.3 cm³/mol. The van der Waals surface area contributed by atoms with Crippen LogP contribution in [0.5, 0.6) is 0 Å². The molecule has 0 amide bonds. The third-order valence-corrected chi connectivity index (χ3v) is 1.36. The van der Waals surface area contributed by atoms with E-state index in [0.717, 1.165) is 12.8 Å². The number of allylic oxidation sites excluding steroid dienone is 3. The monoisotopic (exact) mass is 120 g/mol. The topological polar surface area (TPSA) is 0 Å². The van der Waals surface area contributed by atoms with E-state index >= 15 is 0 Å². The highest BCUT2D eigenvalue weighted by molar-refractivity contribution is 4.93. The normalized spacial score (nSPS) is 18.7. The minimum Gasteiger partial charge on any atom is -0.130 e. The Labute approximate surface area is 56.6 Å². The smallest absolute Gasteiger partial charge is 0.0240 e. The van der Waals surface area contributed by atoms with E-state index in [0.29, 0.717) is 0 Å². The van der Waals surface area contributed by atoms with Crippen molar-refractivity contribution in [2.24, 2.45) is 0 Å². The second kappa shape index (κ2) is 4.17. The van der Waals surface area contributed by atoms with Crippen LogP contribution in [0, 0.1) is 0 Å². The van der Waals surface area contributed by atoms with Gasteiger partial charge in [-0.25, -0.2) is 0 Å². The van der Waals surface area contributed by atoms with E-state index in [1.54, 1.807) is 0 Å². The minimum atomic E-state index is 1.15. The highest BCUT2D eigenvalue weighted by atomic mass is 13.9. The molecule has 0 bridgehead atoms. The predicted octanol–water partition coefficient (Wildman–Crippen LogP) is 2.83. The molecule has 0 saturated carbocycles. The molecule has 9 heavy (non-hydrogen) atoms. The third-order valence-electron chi connectivity index (χ3n) is 1.36. The molecule has 0 nitrogen and oxygen atoms in total. The van der Waals surface area contributed by atoms with Crippen molar-refractivity contribution in [2.75, 3.05) is 0 Å². The number of hydrogen-bond acceptors (Lipinski definition) is 0. The van der Waals surface area contributed by atoms with Gasteiger partial charge in [-0.15, -0.1) is 5.73 Å². The highest BCUT2D eigenvalue weighted by Gasteiger charge is 1.79. The van der Waals surface area contributed by atoms with Gasteiger partial charge in [-0.2, -0.15) is 0 Å². The van der Waals surface area contributed by atoms with Crippen LogP contribution in [0.4, 0.5) is 0 Å². The Morgan fingerprint density at radius 2 is 1.33 bits per heavy atom. The molecule has 48 valence electrons. The summed E-state index contributed by atoms with van der Waals surface area (Å²) in [5.41, 5.74) is 3.14. The van der Waals surface area contributed by atoms with Gasteiger partial charge in [0.1, 0.15) is 0 Å². The fraction of sp³-hybridized carbons (Fsp3) is 0.444. The first kappa shape index (κ1) is 6.38. The fourth-order valence-electron chi connectivity index (χ4n) is 0.845. The van der Waals surface area contributed by atoms with Gasteiger partial charge >= 0.3 is 0 Å². The molecule has 0 radical (unpaired) electrons. The summed E-state index contributed by atoms with van der Waals surface area (Å²) in [7, 11) is 0. The molecule has 0 aliphatic heterocycles. The first-order valence-electron chi connectivity index (χ1n) is 3.54. The van der Waals surface area contributed by atoms with Crippen molar-refractivity contribution >= 4 is 0 Å². The van der Waals surface area contributed by atoms with Crippen LogP contribution in [0.25, 0.3) is 0 Å². The number of hydrogen-bond donors (Lipinski definition) is 0. The first-order valence-corrected chi connectivity index (χ1v) is 3.54. The zero-order valence-corrected chi connectivity index (χ0v) is 5.64. The molecule has 0 fully saturated rings. The van der Waals surface area contributed by atoms with Crippen LogP contribution in [-0.4, -0.2) is 0 Å². The van der Waals surface area contributed by atoms with Gasteiger partial charge in [0.2, 0.25) is 0 Å². The molecular formula is C9H12. The van der Waals surface area contributed by atoms with Crippen LogP contribution in [0.2, 0.25) is 0 Å². The second-order valence-corrected chi connectivity index (χ2v) is 2.20. The van der Waals surface area contributed by atoms with Gasteiger partial charge in [0.05, 0.1) is 0 Å². The van der Waals surface area contributed by atoms with Crippen molar-refractivity contribution in [3.63, 3.8) is 0 Å². The van der Waals surface area contributed by atoms with E-state index in [1.807, 2.05) is 0 Å². The fourth-order valence-corrected chi connectivity index (χ4v) is 0.845. The summed E-state index contributed by atoms with van der Waals surface area (Å²) in [6.07, 6.45) is 13.4. The maximum absolute atomic E-state index is 3.14. The van der Waals surface area contributed by atoms with E-state index in [4.69, 9.17) is 0 Å². The Morgan fingerprint density at radius 1 is 0.778 bits per heavy atom.